The topological polar surface area (TPSA) is 15.3 Å². The Balaban J connectivity index is 2.48. The van der Waals surface area contributed by atoms with Crippen LogP contribution in [0.25, 0.3) is 0 Å². The van der Waals surface area contributed by atoms with Crippen LogP contribution in [-0.4, -0.2) is 36.1 Å². The lowest BCUT2D eigenvalue weighted by atomic mass is 10.1. The van der Waals surface area contributed by atoms with Crippen LogP contribution >= 0.6 is 0 Å². The van der Waals surface area contributed by atoms with E-state index in [-0.39, 0.29) is 0 Å². The Morgan fingerprint density at radius 3 is 2.39 bits per heavy atom. The predicted molar refractivity (Wildman–Crippen MR) is 81.1 cm³/mol. The number of hydrogen-bond donors (Lipinski definition) is 1. The number of hydrogen-bond acceptors (Lipinski definition) is 2. The Morgan fingerprint density at radius 1 is 1.17 bits per heavy atom. The van der Waals surface area contributed by atoms with Crippen LogP contribution in [0.3, 0.4) is 0 Å². The molecule has 1 aliphatic carbocycles. The van der Waals surface area contributed by atoms with Gasteiger partial charge in [0.25, 0.3) is 0 Å². The number of rotatable bonds is 11. The summed E-state index contributed by atoms with van der Waals surface area (Å²) in [5, 5.41) is 3.74. The highest BCUT2D eigenvalue weighted by molar-refractivity contribution is 4.85. The summed E-state index contributed by atoms with van der Waals surface area (Å²) in [7, 11) is 0. The molecule has 0 saturated heterocycles. The first-order valence-electron chi connectivity index (χ1n) is 8.21. The lowest BCUT2D eigenvalue weighted by Crippen LogP contribution is -2.47. The fourth-order valence-electron chi connectivity index (χ4n) is 2.65. The first kappa shape index (κ1) is 16.0. The Labute approximate surface area is 115 Å². The predicted octanol–water partition coefficient (Wildman–Crippen LogP) is 3.81. The maximum absolute atomic E-state index is 3.74. The molecule has 0 radical (unpaired) electrons. The molecular formula is C16H34N2. The van der Waals surface area contributed by atoms with Crippen molar-refractivity contribution in [3.05, 3.63) is 0 Å². The molecule has 0 heterocycles. The summed E-state index contributed by atoms with van der Waals surface area (Å²) in [4.78, 5) is 2.77. The minimum absolute atomic E-state index is 0.731. The third-order valence-electron chi connectivity index (χ3n) is 4.24. The SMILES string of the molecule is CCCCN(C(C)CC)C(CCC)CNC1CC1. The molecule has 1 saturated carbocycles. The molecule has 0 spiro atoms. The zero-order valence-corrected chi connectivity index (χ0v) is 13.0. The molecule has 1 N–H and O–H groups in total. The van der Waals surface area contributed by atoms with Crippen molar-refractivity contribution in [2.75, 3.05) is 13.1 Å². The van der Waals surface area contributed by atoms with Crippen molar-refractivity contribution in [1.29, 1.82) is 0 Å². The van der Waals surface area contributed by atoms with Crippen molar-refractivity contribution in [3.8, 4) is 0 Å². The average Bonchev–Trinajstić information content (AvgIpc) is 3.19. The Bertz CT molecular complexity index is 201. The van der Waals surface area contributed by atoms with E-state index in [0.717, 1.165) is 18.1 Å². The van der Waals surface area contributed by atoms with Gasteiger partial charge in [-0.15, -0.1) is 0 Å². The van der Waals surface area contributed by atoms with E-state index in [1.807, 2.05) is 0 Å². The maximum atomic E-state index is 3.74. The molecule has 0 aliphatic heterocycles. The average molecular weight is 254 g/mol. The Morgan fingerprint density at radius 2 is 1.89 bits per heavy atom. The van der Waals surface area contributed by atoms with Crippen LogP contribution in [0.2, 0.25) is 0 Å². The highest BCUT2D eigenvalue weighted by Crippen LogP contribution is 2.20. The van der Waals surface area contributed by atoms with Crippen molar-refractivity contribution in [3.63, 3.8) is 0 Å². The molecular weight excluding hydrogens is 220 g/mol. The van der Waals surface area contributed by atoms with E-state index in [0.29, 0.717) is 0 Å². The second kappa shape index (κ2) is 8.92. The Kier molecular flexibility index (Phi) is 7.92. The first-order valence-corrected chi connectivity index (χ1v) is 8.21. The minimum atomic E-state index is 0.731. The monoisotopic (exact) mass is 254 g/mol. The van der Waals surface area contributed by atoms with Crippen molar-refractivity contribution in [2.24, 2.45) is 0 Å². The van der Waals surface area contributed by atoms with Crippen LogP contribution < -0.4 is 5.32 Å². The summed E-state index contributed by atoms with van der Waals surface area (Å²) in [6.07, 6.45) is 9.36. The van der Waals surface area contributed by atoms with E-state index in [1.54, 1.807) is 0 Å². The largest absolute Gasteiger partial charge is 0.312 e. The number of unbranched alkanes of at least 4 members (excludes halogenated alkanes) is 1. The van der Waals surface area contributed by atoms with E-state index >= 15 is 0 Å². The molecule has 1 rings (SSSR count). The fourth-order valence-corrected chi connectivity index (χ4v) is 2.65. The van der Waals surface area contributed by atoms with E-state index in [1.165, 1.54) is 58.0 Å². The molecule has 0 bridgehead atoms. The summed E-state index contributed by atoms with van der Waals surface area (Å²) in [5.74, 6) is 0. The minimum Gasteiger partial charge on any atom is -0.312 e. The molecule has 2 heteroatoms. The molecule has 108 valence electrons. The van der Waals surface area contributed by atoms with Crippen LogP contribution in [0.1, 0.15) is 72.6 Å². The fraction of sp³-hybridized carbons (Fsp3) is 1.00. The third kappa shape index (κ3) is 5.71. The van der Waals surface area contributed by atoms with Crippen molar-refractivity contribution in [1.82, 2.24) is 10.2 Å². The highest BCUT2D eigenvalue weighted by atomic mass is 15.2. The Hall–Kier alpha value is -0.0800. The van der Waals surface area contributed by atoms with Crippen LogP contribution in [0.15, 0.2) is 0 Å². The van der Waals surface area contributed by atoms with Gasteiger partial charge >= 0.3 is 0 Å². The van der Waals surface area contributed by atoms with Gasteiger partial charge in [0.1, 0.15) is 0 Å². The first-order chi connectivity index (χ1) is 8.72. The lowest BCUT2D eigenvalue weighted by Gasteiger charge is -2.36. The maximum Gasteiger partial charge on any atom is 0.0223 e. The van der Waals surface area contributed by atoms with E-state index in [9.17, 15) is 0 Å². The van der Waals surface area contributed by atoms with Crippen LogP contribution in [0.5, 0.6) is 0 Å². The molecule has 1 aliphatic rings. The van der Waals surface area contributed by atoms with Gasteiger partial charge in [-0.2, -0.15) is 0 Å². The van der Waals surface area contributed by atoms with Crippen LogP contribution in [0, 0.1) is 0 Å². The second-order valence-corrected chi connectivity index (χ2v) is 5.97. The summed E-state index contributed by atoms with van der Waals surface area (Å²) < 4.78 is 0. The van der Waals surface area contributed by atoms with Gasteiger partial charge in [0.15, 0.2) is 0 Å². The van der Waals surface area contributed by atoms with Gasteiger partial charge in [0.05, 0.1) is 0 Å². The second-order valence-electron chi connectivity index (χ2n) is 5.97. The van der Waals surface area contributed by atoms with Gasteiger partial charge in [-0.25, -0.2) is 0 Å². The summed E-state index contributed by atoms with van der Waals surface area (Å²) in [6, 6.07) is 2.32. The summed E-state index contributed by atoms with van der Waals surface area (Å²) in [6.45, 7) is 11.8. The van der Waals surface area contributed by atoms with Crippen LogP contribution in [0.4, 0.5) is 0 Å². The number of nitrogens with zero attached hydrogens (tertiary/aromatic N) is 1. The van der Waals surface area contributed by atoms with Gasteiger partial charge < -0.3 is 5.32 Å². The highest BCUT2D eigenvalue weighted by Gasteiger charge is 2.25. The van der Waals surface area contributed by atoms with Crippen molar-refractivity contribution in [2.45, 2.75) is 90.8 Å². The van der Waals surface area contributed by atoms with Crippen molar-refractivity contribution < 1.29 is 0 Å². The third-order valence-corrected chi connectivity index (χ3v) is 4.24. The molecule has 1 fully saturated rings. The molecule has 2 nitrogen and oxygen atoms in total. The van der Waals surface area contributed by atoms with Gasteiger partial charge in [-0.05, 0) is 45.6 Å². The van der Waals surface area contributed by atoms with Gasteiger partial charge in [-0.3, -0.25) is 4.90 Å². The molecule has 0 aromatic carbocycles. The molecule has 18 heavy (non-hydrogen) atoms. The van der Waals surface area contributed by atoms with E-state index in [4.69, 9.17) is 0 Å². The molecule has 0 amide bonds. The molecule has 2 unspecified atom stereocenters. The smallest absolute Gasteiger partial charge is 0.0223 e. The zero-order valence-electron chi connectivity index (χ0n) is 13.0. The van der Waals surface area contributed by atoms with Gasteiger partial charge in [-0.1, -0.05) is 33.6 Å². The zero-order chi connectivity index (χ0) is 13.4. The summed E-state index contributed by atoms with van der Waals surface area (Å²) >= 11 is 0. The van der Waals surface area contributed by atoms with Gasteiger partial charge in [0, 0.05) is 24.7 Å². The molecule has 2 atom stereocenters. The standard InChI is InChI=1S/C16H34N2/c1-5-8-12-18(14(4)7-3)16(9-6-2)13-17-15-10-11-15/h14-17H,5-13H2,1-4H3. The molecule has 0 aromatic rings. The van der Waals surface area contributed by atoms with E-state index < -0.39 is 0 Å². The lowest BCUT2D eigenvalue weighted by molar-refractivity contribution is 0.126. The van der Waals surface area contributed by atoms with Crippen molar-refractivity contribution >= 4 is 0 Å². The van der Waals surface area contributed by atoms with Crippen LogP contribution in [-0.2, 0) is 0 Å². The summed E-state index contributed by atoms with van der Waals surface area (Å²) in [5.41, 5.74) is 0. The van der Waals surface area contributed by atoms with Gasteiger partial charge in [0.2, 0.25) is 0 Å². The number of nitrogens with one attached hydrogen (secondary N) is 1. The quantitative estimate of drug-likeness (QED) is 0.603. The molecule has 0 aromatic heterocycles. The normalized spacial score (nSPS) is 19.2. The van der Waals surface area contributed by atoms with E-state index in [2.05, 4.69) is 37.9 Å².